The van der Waals surface area contributed by atoms with E-state index in [1.165, 1.54) is 19.2 Å². The SMILES string of the molecule is CN(CCCC(=O)NCCN)S(=O)(=O)c1ccc(F)cc1.Cl. The molecule has 1 aromatic carbocycles. The van der Waals surface area contributed by atoms with Crippen LogP contribution in [0.5, 0.6) is 0 Å². The molecule has 0 aliphatic heterocycles. The Morgan fingerprint density at radius 3 is 2.45 bits per heavy atom. The van der Waals surface area contributed by atoms with Crippen LogP contribution in [0.25, 0.3) is 0 Å². The van der Waals surface area contributed by atoms with Crippen LogP contribution in [-0.4, -0.2) is 45.3 Å². The maximum Gasteiger partial charge on any atom is 0.242 e. The zero-order valence-corrected chi connectivity index (χ0v) is 13.9. The Hall–Kier alpha value is -1.22. The number of benzene rings is 1. The number of carbonyl (C=O) groups is 1. The summed E-state index contributed by atoms with van der Waals surface area (Å²) in [7, 11) is -2.23. The lowest BCUT2D eigenvalue weighted by Gasteiger charge is -2.17. The Kier molecular flexibility index (Phi) is 9.19. The van der Waals surface area contributed by atoms with E-state index in [-0.39, 0.29) is 36.2 Å². The maximum atomic E-state index is 12.8. The highest BCUT2D eigenvalue weighted by Gasteiger charge is 2.20. The van der Waals surface area contributed by atoms with Crippen LogP contribution in [0.4, 0.5) is 4.39 Å². The van der Waals surface area contributed by atoms with Crippen molar-refractivity contribution in [1.29, 1.82) is 0 Å². The number of rotatable bonds is 8. The Morgan fingerprint density at radius 1 is 1.32 bits per heavy atom. The summed E-state index contributed by atoms with van der Waals surface area (Å²) < 4.78 is 38.3. The van der Waals surface area contributed by atoms with Gasteiger partial charge in [0.2, 0.25) is 15.9 Å². The minimum absolute atomic E-state index is 0. The number of sulfonamides is 1. The van der Waals surface area contributed by atoms with Crippen LogP contribution in [0.3, 0.4) is 0 Å². The molecule has 0 saturated heterocycles. The second-order valence-electron chi connectivity index (χ2n) is 4.52. The minimum atomic E-state index is -3.66. The largest absolute Gasteiger partial charge is 0.355 e. The predicted molar refractivity (Wildman–Crippen MR) is 84.8 cm³/mol. The topological polar surface area (TPSA) is 92.5 Å². The molecule has 1 aromatic rings. The molecule has 0 heterocycles. The van der Waals surface area contributed by atoms with E-state index in [9.17, 15) is 17.6 Å². The molecule has 0 fully saturated rings. The molecule has 0 atom stereocenters. The van der Waals surface area contributed by atoms with Gasteiger partial charge in [0.05, 0.1) is 4.90 Å². The summed E-state index contributed by atoms with van der Waals surface area (Å²) >= 11 is 0. The molecular formula is C13H21ClFN3O3S. The third-order valence-corrected chi connectivity index (χ3v) is 4.74. The molecule has 1 amide bonds. The van der Waals surface area contributed by atoms with Gasteiger partial charge in [-0.15, -0.1) is 12.4 Å². The summed E-state index contributed by atoms with van der Waals surface area (Å²) in [4.78, 5) is 11.4. The molecule has 0 aliphatic rings. The first-order valence-corrected chi connectivity index (χ1v) is 8.00. The van der Waals surface area contributed by atoms with Crippen molar-refractivity contribution in [3.05, 3.63) is 30.1 Å². The predicted octanol–water partition coefficient (Wildman–Crippen LogP) is 0.723. The number of nitrogens with two attached hydrogens (primary N) is 1. The fourth-order valence-electron chi connectivity index (χ4n) is 1.67. The monoisotopic (exact) mass is 353 g/mol. The van der Waals surface area contributed by atoms with E-state index in [1.54, 1.807) is 0 Å². The van der Waals surface area contributed by atoms with Gasteiger partial charge in [0.25, 0.3) is 0 Å². The molecule has 0 bridgehead atoms. The number of hydrogen-bond acceptors (Lipinski definition) is 4. The van der Waals surface area contributed by atoms with E-state index in [0.717, 1.165) is 16.4 Å². The van der Waals surface area contributed by atoms with Crippen LogP contribution in [0.1, 0.15) is 12.8 Å². The highest BCUT2D eigenvalue weighted by atomic mass is 35.5. The highest BCUT2D eigenvalue weighted by molar-refractivity contribution is 7.89. The first-order chi connectivity index (χ1) is 9.87. The summed E-state index contributed by atoms with van der Waals surface area (Å²) in [6, 6.07) is 4.63. The second kappa shape index (κ2) is 9.73. The first-order valence-electron chi connectivity index (χ1n) is 6.56. The average molecular weight is 354 g/mol. The molecule has 0 radical (unpaired) electrons. The number of halogens is 2. The van der Waals surface area contributed by atoms with Crippen molar-refractivity contribution in [3.63, 3.8) is 0 Å². The van der Waals surface area contributed by atoms with Crippen LogP contribution in [0.15, 0.2) is 29.2 Å². The molecule has 0 spiro atoms. The fourth-order valence-corrected chi connectivity index (χ4v) is 2.88. The van der Waals surface area contributed by atoms with Crippen LogP contribution in [0.2, 0.25) is 0 Å². The van der Waals surface area contributed by atoms with Crippen molar-refractivity contribution in [2.24, 2.45) is 5.73 Å². The second-order valence-corrected chi connectivity index (χ2v) is 6.57. The van der Waals surface area contributed by atoms with Crippen LogP contribution in [-0.2, 0) is 14.8 Å². The molecule has 1 rings (SSSR count). The maximum absolute atomic E-state index is 12.8. The molecular weight excluding hydrogens is 333 g/mol. The van der Waals surface area contributed by atoms with Gasteiger partial charge in [-0.05, 0) is 30.7 Å². The molecule has 0 aliphatic carbocycles. The van der Waals surface area contributed by atoms with Gasteiger partial charge >= 0.3 is 0 Å². The lowest BCUT2D eigenvalue weighted by molar-refractivity contribution is -0.121. The summed E-state index contributed by atoms with van der Waals surface area (Å²) in [6.45, 7) is 0.975. The molecule has 22 heavy (non-hydrogen) atoms. The van der Waals surface area contributed by atoms with Gasteiger partial charge in [0.15, 0.2) is 0 Å². The van der Waals surface area contributed by atoms with Crippen molar-refractivity contribution in [3.8, 4) is 0 Å². The average Bonchev–Trinajstić information content (AvgIpc) is 2.45. The van der Waals surface area contributed by atoms with Gasteiger partial charge in [0.1, 0.15) is 5.82 Å². The minimum Gasteiger partial charge on any atom is -0.355 e. The quantitative estimate of drug-likeness (QED) is 0.720. The fraction of sp³-hybridized carbons (Fsp3) is 0.462. The normalized spacial score (nSPS) is 11.1. The van der Waals surface area contributed by atoms with Gasteiger partial charge in [-0.2, -0.15) is 0 Å². The number of amides is 1. The van der Waals surface area contributed by atoms with E-state index in [0.29, 0.717) is 19.5 Å². The number of carbonyl (C=O) groups excluding carboxylic acids is 1. The summed E-state index contributed by atoms with van der Waals surface area (Å²) in [5, 5.41) is 2.61. The third-order valence-electron chi connectivity index (χ3n) is 2.87. The number of nitrogens with one attached hydrogen (secondary N) is 1. The molecule has 0 saturated carbocycles. The van der Waals surface area contributed by atoms with Crippen molar-refractivity contribution >= 4 is 28.3 Å². The Balaban J connectivity index is 0.00000441. The van der Waals surface area contributed by atoms with E-state index in [2.05, 4.69) is 5.32 Å². The Labute approximate surface area is 136 Å². The molecule has 6 nitrogen and oxygen atoms in total. The van der Waals surface area contributed by atoms with Gasteiger partial charge in [-0.3, -0.25) is 4.79 Å². The zero-order chi connectivity index (χ0) is 15.9. The van der Waals surface area contributed by atoms with E-state index >= 15 is 0 Å². The van der Waals surface area contributed by atoms with E-state index < -0.39 is 15.8 Å². The Bertz CT molecular complexity index is 566. The standard InChI is InChI=1S/C13H20FN3O3S.ClH/c1-17(10-2-3-13(18)16-9-8-15)21(19,20)12-6-4-11(14)5-7-12;/h4-7H,2-3,8-10,15H2,1H3,(H,16,18);1H. The van der Waals surface area contributed by atoms with Crippen molar-refractivity contribution in [2.45, 2.75) is 17.7 Å². The molecule has 126 valence electrons. The number of nitrogens with zero attached hydrogens (tertiary/aromatic N) is 1. The zero-order valence-electron chi connectivity index (χ0n) is 12.3. The summed E-state index contributed by atoms with van der Waals surface area (Å²) in [5.74, 6) is -0.652. The van der Waals surface area contributed by atoms with E-state index in [1.807, 2.05) is 0 Å². The number of hydrogen-bond donors (Lipinski definition) is 2. The third kappa shape index (κ3) is 6.27. The van der Waals surface area contributed by atoms with E-state index in [4.69, 9.17) is 5.73 Å². The summed E-state index contributed by atoms with van der Waals surface area (Å²) in [5.41, 5.74) is 5.26. The van der Waals surface area contributed by atoms with Gasteiger partial charge in [-0.1, -0.05) is 0 Å². The van der Waals surface area contributed by atoms with Crippen LogP contribution < -0.4 is 11.1 Å². The lowest BCUT2D eigenvalue weighted by atomic mass is 10.3. The molecule has 9 heteroatoms. The molecule has 0 unspecified atom stereocenters. The van der Waals surface area contributed by atoms with Gasteiger partial charge < -0.3 is 11.1 Å². The first kappa shape index (κ1) is 20.8. The molecule has 0 aromatic heterocycles. The Morgan fingerprint density at radius 2 is 1.91 bits per heavy atom. The van der Waals surface area contributed by atoms with Crippen LogP contribution in [0, 0.1) is 5.82 Å². The van der Waals surface area contributed by atoms with Crippen molar-refractivity contribution in [2.75, 3.05) is 26.7 Å². The molecule has 3 N–H and O–H groups in total. The van der Waals surface area contributed by atoms with Crippen molar-refractivity contribution in [1.82, 2.24) is 9.62 Å². The van der Waals surface area contributed by atoms with Crippen molar-refractivity contribution < 1.29 is 17.6 Å². The van der Waals surface area contributed by atoms with Gasteiger partial charge in [-0.25, -0.2) is 17.1 Å². The summed E-state index contributed by atoms with van der Waals surface area (Å²) in [6.07, 6.45) is 0.622. The highest BCUT2D eigenvalue weighted by Crippen LogP contribution is 2.15. The van der Waals surface area contributed by atoms with Crippen LogP contribution >= 0.6 is 12.4 Å². The smallest absolute Gasteiger partial charge is 0.242 e. The van der Waals surface area contributed by atoms with Gasteiger partial charge in [0, 0.05) is 33.1 Å². The lowest BCUT2D eigenvalue weighted by Crippen LogP contribution is -2.31.